The molecule has 4 rings (SSSR count). The predicted octanol–water partition coefficient (Wildman–Crippen LogP) is 2.58. The summed E-state index contributed by atoms with van der Waals surface area (Å²) in [5, 5.41) is 31.1. The quantitative estimate of drug-likeness (QED) is 0.305. The molecule has 1 aliphatic carbocycles. The number of aromatic nitrogens is 3. The van der Waals surface area contributed by atoms with Crippen molar-refractivity contribution < 1.29 is 14.7 Å². The van der Waals surface area contributed by atoms with Crippen LogP contribution in [-0.2, 0) is 0 Å². The van der Waals surface area contributed by atoms with Crippen molar-refractivity contribution in [1.82, 2.24) is 25.2 Å². The van der Waals surface area contributed by atoms with E-state index in [0.29, 0.717) is 42.0 Å². The van der Waals surface area contributed by atoms with Gasteiger partial charge in [0.15, 0.2) is 0 Å². The molecule has 0 spiro atoms. The molecule has 3 aromatic rings. The molecule has 1 aliphatic rings. The minimum absolute atomic E-state index is 0.107. The molecule has 0 atom stereocenters. The van der Waals surface area contributed by atoms with Crippen LogP contribution in [0.2, 0.25) is 0 Å². The van der Waals surface area contributed by atoms with Crippen molar-refractivity contribution in [2.45, 2.75) is 44.7 Å². The minimum atomic E-state index is -1.03. The highest BCUT2D eigenvalue weighted by molar-refractivity contribution is 6.00. The molecule has 11 heteroatoms. The predicted molar refractivity (Wildman–Crippen MR) is 135 cm³/mol. The van der Waals surface area contributed by atoms with Crippen molar-refractivity contribution in [3.8, 4) is 17.5 Å². The zero-order chi connectivity index (χ0) is 25.9. The average Bonchev–Trinajstić information content (AvgIpc) is 3.22. The Hall–Kier alpha value is -4.17. The summed E-state index contributed by atoms with van der Waals surface area (Å²) in [7, 11) is 0. The van der Waals surface area contributed by atoms with E-state index in [0.717, 1.165) is 24.1 Å². The lowest BCUT2D eigenvalue weighted by Gasteiger charge is -2.36. The van der Waals surface area contributed by atoms with Gasteiger partial charge in [0.25, 0.3) is 5.91 Å². The van der Waals surface area contributed by atoms with Crippen molar-refractivity contribution in [3.63, 3.8) is 0 Å². The largest absolute Gasteiger partial charge is 0.465 e. The number of fused-ring (bicyclic) bond motifs is 1. The van der Waals surface area contributed by atoms with Gasteiger partial charge in [-0.2, -0.15) is 10.4 Å². The Balaban J connectivity index is 1.57. The van der Waals surface area contributed by atoms with E-state index in [1.165, 1.54) is 6.20 Å². The van der Waals surface area contributed by atoms with Crippen LogP contribution in [0.3, 0.4) is 0 Å². The Kier molecular flexibility index (Phi) is 7.07. The third-order valence-corrected chi connectivity index (χ3v) is 6.23. The number of nitrogens with two attached hydrogens (primary N) is 1. The fraction of sp³-hybridized carbons (Fsp3) is 0.400. The number of hydrogen-bond acceptors (Lipinski definition) is 7. The molecule has 0 saturated heterocycles. The second-order valence-corrected chi connectivity index (χ2v) is 9.89. The number of carbonyl (C=O) groups is 2. The second-order valence-electron chi connectivity index (χ2n) is 9.89. The minimum Gasteiger partial charge on any atom is -0.465 e. The summed E-state index contributed by atoms with van der Waals surface area (Å²) >= 11 is 0. The summed E-state index contributed by atoms with van der Waals surface area (Å²) in [5.74, 6) is -0.00176. The molecule has 0 unspecified atom stereocenters. The molecule has 0 radical (unpaired) electrons. The van der Waals surface area contributed by atoms with Crippen LogP contribution in [0.4, 0.5) is 10.5 Å². The maximum atomic E-state index is 13.0. The molecule has 3 heterocycles. The molecule has 0 aliphatic heterocycles. The number of carboxylic acid groups (broad SMARTS) is 1. The van der Waals surface area contributed by atoms with E-state index in [1.54, 1.807) is 16.8 Å². The zero-order valence-corrected chi connectivity index (χ0v) is 20.3. The average molecular weight is 491 g/mol. The number of nitrogens with one attached hydrogen (secondary N) is 3. The molecule has 1 saturated carbocycles. The molecule has 188 valence electrons. The van der Waals surface area contributed by atoms with E-state index in [2.05, 4.69) is 32.1 Å². The van der Waals surface area contributed by atoms with Gasteiger partial charge in [-0.25, -0.2) is 9.31 Å². The summed E-state index contributed by atoms with van der Waals surface area (Å²) in [6.45, 7) is 4.66. The van der Waals surface area contributed by atoms with Crippen LogP contribution in [0.15, 0.2) is 36.7 Å². The Morgan fingerprint density at radius 3 is 2.72 bits per heavy atom. The van der Waals surface area contributed by atoms with Crippen LogP contribution in [0.5, 0.6) is 0 Å². The second kappa shape index (κ2) is 10.2. The van der Waals surface area contributed by atoms with Crippen molar-refractivity contribution in [2.24, 2.45) is 11.7 Å². The van der Waals surface area contributed by atoms with Gasteiger partial charge in [0.2, 0.25) is 0 Å². The number of hydrogen-bond donors (Lipinski definition) is 5. The van der Waals surface area contributed by atoms with Crippen LogP contribution in [0.1, 0.15) is 49.0 Å². The molecule has 11 nitrogen and oxygen atoms in total. The first-order valence-corrected chi connectivity index (χ1v) is 11.8. The molecular formula is C25H30N8O3. The third-order valence-electron chi connectivity index (χ3n) is 6.23. The molecule has 6 N–H and O–H groups in total. The summed E-state index contributed by atoms with van der Waals surface area (Å²) in [6, 6.07) is 9.50. The van der Waals surface area contributed by atoms with Gasteiger partial charge in [0, 0.05) is 30.9 Å². The summed E-state index contributed by atoms with van der Waals surface area (Å²) < 4.78 is 1.70. The number of nitrogens with zero attached hydrogens (tertiary/aromatic N) is 4. The van der Waals surface area contributed by atoms with E-state index in [9.17, 15) is 9.59 Å². The summed E-state index contributed by atoms with van der Waals surface area (Å²) in [4.78, 5) is 28.3. The zero-order valence-electron chi connectivity index (χ0n) is 20.3. The lowest BCUT2D eigenvalue weighted by atomic mass is 9.80. The van der Waals surface area contributed by atoms with Crippen LogP contribution in [0.25, 0.3) is 16.9 Å². The molecule has 3 aromatic heterocycles. The van der Waals surface area contributed by atoms with Crippen molar-refractivity contribution in [1.29, 1.82) is 5.26 Å². The lowest BCUT2D eigenvalue weighted by Crippen LogP contribution is -2.42. The number of amides is 2. The normalized spacial score (nSPS) is 17.2. The molecular weight excluding hydrogens is 460 g/mol. The van der Waals surface area contributed by atoms with Crippen molar-refractivity contribution in [2.75, 3.05) is 18.4 Å². The van der Waals surface area contributed by atoms with Crippen LogP contribution in [-0.4, -0.2) is 56.4 Å². The molecule has 0 aromatic carbocycles. The maximum absolute atomic E-state index is 13.0. The summed E-state index contributed by atoms with van der Waals surface area (Å²) in [6.07, 6.45) is 4.21. The first-order valence-electron chi connectivity index (χ1n) is 11.8. The molecule has 0 bridgehead atoms. The maximum Gasteiger partial charge on any atom is 0.404 e. The molecule has 36 heavy (non-hydrogen) atoms. The van der Waals surface area contributed by atoms with E-state index in [4.69, 9.17) is 16.1 Å². The molecule has 2 amide bonds. The highest BCUT2D eigenvalue weighted by Crippen LogP contribution is 2.32. The highest BCUT2D eigenvalue weighted by atomic mass is 16.4. The van der Waals surface area contributed by atoms with E-state index < -0.39 is 11.6 Å². The topological polar surface area (TPSA) is 170 Å². The number of nitriles is 1. The smallest absolute Gasteiger partial charge is 0.404 e. The standard InChI is InChI=1S/C25H30N8O3/c1-25(2,27)5-6-28-23(34)19-14-29-21(22-4-3-18-9-16(11-26)13-31-33(18)22)10-20(19)32-17-7-15(8-17)12-30-24(35)36/h3-4,9-10,13-15,17,30H,5-8,12,27H2,1-2H3,(H,28,34)(H,29,32)(H,35,36)/t15-,17-. The van der Waals surface area contributed by atoms with Crippen LogP contribution < -0.4 is 21.7 Å². The Morgan fingerprint density at radius 2 is 2.03 bits per heavy atom. The van der Waals surface area contributed by atoms with Gasteiger partial charge in [0.1, 0.15) is 6.07 Å². The van der Waals surface area contributed by atoms with Gasteiger partial charge < -0.3 is 26.8 Å². The van der Waals surface area contributed by atoms with Crippen molar-refractivity contribution in [3.05, 3.63) is 47.8 Å². The van der Waals surface area contributed by atoms with E-state index in [-0.39, 0.29) is 17.9 Å². The fourth-order valence-electron chi connectivity index (χ4n) is 4.22. The number of anilines is 1. The Labute approximate surface area is 208 Å². The van der Waals surface area contributed by atoms with Gasteiger partial charge in [-0.1, -0.05) is 0 Å². The number of carbonyl (C=O) groups excluding carboxylic acids is 1. The van der Waals surface area contributed by atoms with Gasteiger partial charge >= 0.3 is 6.09 Å². The third kappa shape index (κ3) is 5.90. The highest BCUT2D eigenvalue weighted by Gasteiger charge is 2.30. The van der Waals surface area contributed by atoms with Crippen LogP contribution in [0, 0.1) is 17.2 Å². The van der Waals surface area contributed by atoms with Gasteiger partial charge in [-0.15, -0.1) is 0 Å². The van der Waals surface area contributed by atoms with Gasteiger partial charge in [-0.05, 0) is 63.3 Å². The summed E-state index contributed by atoms with van der Waals surface area (Å²) in [5.41, 5.74) is 9.28. The van der Waals surface area contributed by atoms with Crippen LogP contribution >= 0.6 is 0 Å². The number of rotatable bonds is 9. The fourth-order valence-corrected chi connectivity index (χ4v) is 4.22. The Morgan fingerprint density at radius 1 is 1.25 bits per heavy atom. The van der Waals surface area contributed by atoms with Gasteiger partial charge in [0.05, 0.1) is 39.9 Å². The SMILES string of the molecule is CC(C)(N)CCNC(=O)c1cnc(-c2ccc3cc(C#N)cnn23)cc1N[C@H]1C[C@H](CNC(=O)O)C1. The van der Waals surface area contributed by atoms with E-state index >= 15 is 0 Å². The first kappa shape index (κ1) is 24.9. The van der Waals surface area contributed by atoms with E-state index in [1.807, 2.05) is 32.0 Å². The Bertz CT molecular complexity index is 1320. The first-order chi connectivity index (χ1) is 17.1. The molecule has 1 fully saturated rings. The van der Waals surface area contributed by atoms with Gasteiger partial charge in [-0.3, -0.25) is 9.78 Å². The number of pyridine rings is 1. The van der Waals surface area contributed by atoms with Crippen molar-refractivity contribution >= 4 is 23.2 Å². The lowest BCUT2D eigenvalue weighted by molar-refractivity contribution is 0.0951. The monoisotopic (exact) mass is 490 g/mol.